The van der Waals surface area contributed by atoms with E-state index in [4.69, 9.17) is 34.8 Å². The minimum absolute atomic E-state index is 0.0125. The second-order valence-corrected chi connectivity index (χ2v) is 9.09. The molecule has 0 bridgehead atoms. The highest BCUT2D eigenvalue weighted by molar-refractivity contribution is 6.36. The van der Waals surface area contributed by atoms with Crippen LogP contribution in [-0.2, 0) is 13.1 Å². The van der Waals surface area contributed by atoms with Gasteiger partial charge in [-0.15, -0.1) is 0 Å². The lowest BCUT2D eigenvalue weighted by Gasteiger charge is -2.26. The van der Waals surface area contributed by atoms with Crippen LogP contribution in [0.25, 0.3) is 0 Å². The maximum absolute atomic E-state index is 14.5. The van der Waals surface area contributed by atoms with Gasteiger partial charge in [0.1, 0.15) is 37.6 Å². The van der Waals surface area contributed by atoms with Gasteiger partial charge in [0.25, 0.3) is 0 Å². The molecule has 2 N–H and O–H groups in total. The second-order valence-electron chi connectivity index (χ2n) is 7.87. The first kappa shape index (κ1) is 21.6. The topological polar surface area (TPSA) is 8.88 Å². The highest BCUT2D eigenvalue weighted by Crippen LogP contribution is 2.28. The number of aryl methyl sites for hydroxylation is 1. The molecule has 3 aromatic carbocycles. The quantitative estimate of drug-likeness (QED) is 0.557. The summed E-state index contributed by atoms with van der Waals surface area (Å²) in [6, 6.07) is 18.9. The molecule has 0 aromatic heterocycles. The SMILES string of the molecule is Cc1ccccc1C[NH+]1CC[NH+](Cc2c(F)cccc2Cl)C1c1c(Cl)cccc1Cl. The summed E-state index contributed by atoms with van der Waals surface area (Å²) in [7, 11) is 0. The predicted octanol–water partition coefficient (Wildman–Crippen LogP) is 4.28. The van der Waals surface area contributed by atoms with Gasteiger partial charge in [0.05, 0.1) is 20.6 Å². The van der Waals surface area contributed by atoms with Crippen molar-refractivity contribution in [1.82, 2.24) is 0 Å². The third-order valence-corrected chi connectivity index (χ3v) is 7.03. The van der Waals surface area contributed by atoms with Crippen molar-refractivity contribution >= 4 is 34.8 Å². The average molecular weight is 466 g/mol. The van der Waals surface area contributed by atoms with Crippen LogP contribution in [0.3, 0.4) is 0 Å². The molecule has 3 unspecified atom stereocenters. The van der Waals surface area contributed by atoms with Gasteiger partial charge in [-0.25, -0.2) is 4.39 Å². The van der Waals surface area contributed by atoms with Crippen LogP contribution in [0.15, 0.2) is 60.7 Å². The van der Waals surface area contributed by atoms with Gasteiger partial charge in [-0.2, -0.15) is 0 Å². The highest BCUT2D eigenvalue weighted by Gasteiger charge is 2.43. The van der Waals surface area contributed by atoms with Gasteiger partial charge in [0.15, 0.2) is 0 Å². The number of quaternary nitrogens is 2. The molecule has 1 aliphatic rings. The first-order chi connectivity index (χ1) is 14.5. The van der Waals surface area contributed by atoms with Crippen LogP contribution in [0, 0.1) is 12.7 Å². The first-order valence-electron chi connectivity index (χ1n) is 10.1. The largest absolute Gasteiger partial charge is 0.273 e. The van der Waals surface area contributed by atoms with Gasteiger partial charge in [0.2, 0.25) is 6.17 Å². The van der Waals surface area contributed by atoms with E-state index in [1.807, 2.05) is 18.2 Å². The molecule has 4 rings (SSSR count). The number of hydrogen-bond acceptors (Lipinski definition) is 0. The minimum atomic E-state index is -0.272. The van der Waals surface area contributed by atoms with Crippen LogP contribution < -0.4 is 9.80 Å². The fourth-order valence-electron chi connectivity index (χ4n) is 4.46. The van der Waals surface area contributed by atoms with Crippen molar-refractivity contribution in [2.24, 2.45) is 0 Å². The lowest BCUT2D eigenvalue weighted by atomic mass is 10.1. The maximum atomic E-state index is 14.5. The predicted molar refractivity (Wildman–Crippen MR) is 121 cm³/mol. The van der Waals surface area contributed by atoms with E-state index in [0.29, 0.717) is 27.2 Å². The zero-order valence-corrected chi connectivity index (χ0v) is 19.0. The molecule has 0 radical (unpaired) electrons. The molecular formula is C24H24Cl3FN2+2. The molecule has 1 heterocycles. The summed E-state index contributed by atoms with van der Waals surface area (Å²) in [5, 5.41) is 1.75. The van der Waals surface area contributed by atoms with E-state index >= 15 is 0 Å². The molecule has 3 atom stereocenters. The molecule has 1 aliphatic heterocycles. The van der Waals surface area contributed by atoms with E-state index in [1.54, 1.807) is 12.1 Å². The summed E-state index contributed by atoms with van der Waals surface area (Å²) in [6.45, 7) is 5.27. The van der Waals surface area contributed by atoms with Gasteiger partial charge >= 0.3 is 0 Å². The Kier molecular flexibility index (Phi) is 6.66. The smallest absolute Gasteiger partial charge is 0.244 e. The molecule has 156 valence electrons. The van der Waals surface area contributed by atoms with Crippen molar-refractivity contribution < 1.29 is 14.2 Å². The molecule has 6 heteroatoms. The van der Waals surface area contributed by atoms with Crippen molar-refractivity contribution in [1.29, 1.82) is 0 Å². The van der Waals surface area contributed by atoms with E-state index < -0.39 is 0 Å². The third-order valence-electron chi connectivity index (χ3n) is 6.02. The normalized spacial score (nSPS) is 21.2. The molecule has 30 heavy (non-hydrogen) atoms. The molecule has 1 saturated heterocycles. The Morgan fingerprint density at radius 2 is 1.40 bits per heavy atom. The Balaban J connectivity index is 1.72. The fraction of sp³-hybridized carbons (Fsp3) is 0.250. The van der Waals surface area contributed by atoms with E-state index in [9.17, 15) is 4.39 Å². The van der Waals surface area contributed by atoms with Crippen LogP contribution in [0.4, 0.5) is 4.39 Å². The van der Waals surface area contributed by atoms with Crippen LogP contribution in [0.1, 0.15) is 28.4 Å². The standard InChI is InChI=1S/C24H22Cl3FN2/c1-16-6-2-3-7-17(16)14-29-12-13-30(15-18-19(25)8-5-11-22(18)28)24(29)23-20(26)9-4-10-21(23)27/h2-11,24H,12-15H2,1H3/p+2. The molecule has 0 aliphatic carbocycles. The van der Waals surface area contributed by atoms with Crippen molar-refractivity contribution in [3.8, 4) is 0 Å². The Morgan fingerprint density at radius 3 is 2.07 bits per heavy atom. The van der Waals surface area contributed by atoms with E-state index in [-0.39, 0.29) is 12.0 Å². The molecule has 0 spiro atoms. The molecule has 0 saturated carbocycles. The van der Waals surface area contributed by atoms with Crippen LogP contribution in [0.2, 0.25) is 15.1 Å². The Bertz CT molecular complexity index is 1020. The molecular weight excluding hydrogens is 442 g/mol. The number of benzene rings is 3. The summed E-state index contributed by atoms with van der Waals surface area (Å²) in [6.07, 6.45) is -0.0125. The summed E-state index contributed by atoms with van der Waals surface area (Å²) in [5.41, 5.74) is 4.02. The lowest BCUT2D eigenvalue weighted by molar-refractivity contribution is -1.09. The number of nitrogens with one attached hydrogen (secondary N) is 2. The van der Waals surface area contributed by atoms with Gasteiger partial charge in [-0.1, -0.05) is 71.2 Å². The van der Waals surface area contributed by atoms with Gasteiger partial charge in [-0.05, 0) is 36.8 Å². The Labute approximate surface area is 191 Å². The molecule has 2 nitrogen and oxygen atoms in total. The Hall–Kier alpha value is -1.62. The van der Waals surface area contributed by atoms with Crippen molar-refractivity contribution in [2.45, 2.75) is 26.2 Å². The van der Waals surface area contributed by atoms with Crippen LogP contribution in [0.5, 0.6) is 0 Å². The van der Waals surface area contributed by atoms with E-state index in [0.717, 1.165) is 25.2 Å². The maximum Gasteiger partial charge on any atom is 0.244 e. The summed E-state index contributed by atoms with van der Waals surface area (Å²) in [5.74, 6) is -0.272. The van der Waals surface area contributed by atoms with Crippen LogP contribution >= 0.6 is 34.8 Å². The summed E-state index contributed by atoms with van der Waals surface area (Å²) >= 11 is 19.6. The third kappa shape index (κ3) is 4.37. The summed E-state index contributed by atoms with van der Waals surface area (Å²) < 4.78 is 14.5. The van der Waals surface area contributed by atoms with Gasteiger partial charge in [-0.3, -0.25) is 9.80 Å². The number of halogens is 4. The number of hydrogen-bond donors (Lipinski definition) is 2. The number of rotatable bonds is 5. The minimum Gasteiger partial charge on any atom is -0.273 e. The first-order valence-corrected chi connectivity index (χ1v) is 11.2. The lowest BCUT2D eigenvalue weighted by Crippen LogP contribution is -3.22. The van der Waals surface area contributed by atoms with Gasteiger partial charge < -0.3 is 0 Å². The van der Waals surface area contributed by atoms with Crippen molar-refractivity contribution in [3.05, 3.63) is 104 Å². The van der Waals surface area contributed by atoms with Crippen molar-refractivity contribution in [2.75, 3.05) is 13.1 Å². The average Bonchev–Trinajstić information content (AvgIpc) is 3.09. The Morgan fingerprint density at radius 1 is 0.800 bits per heavy atom. The molecule has 0 amide bonds. The zero-order valence-electron chi connectivity index (χ0n) is 16.7. The second kappa shape index (κ2) is 9.25. The summed E-state index contributed by atoms with van der Waals surface area (Å²) in [4.78, 5) is 2.57. The zero-order chi connectivity index (χ0) is 21.3. The van der Waals surface area contributed by atoms with E-state index in [1.165, 1.54) is 27.0 Å². The fourth-order valence-corrected chi connectivity index (χ4v) is 5.30. The van der Waals surface area contributed by atoms with Crippen molar-refractivity contribution in [3.63, 3.8) is 0 Å². The molecule has 1 fully saturated rings. The van der Waals surface area contributed by atoms with Gasteiger partial charge in [0, 0.05) is 5.56 Å². The van der Waals surface area contributed by atoms with E-state index in [2.05, 4.69) is 31.2 Å². The monoisotopic (exact) mass is 464 g/mol. The van der Waals surface area contributed by atoms with Crippen LogP contribution in [-0.4, -0.2) is 13.1 Å². The highest BCUT2D eigenvalue weighted by atomic mass is 35.5. The molecule has 3 aromatic rings.